The van der Waals surface area contributed by atoms with Gasteiger partial charge in [-0.15, -0.1) is 0 Å². The zero-order valence-electron chi connectivity index (χ0n) is 27.7. The zero-order chi connectivity index (χ0) is 33.6. The molecule has 0 aliphatic carbocycles. The van der Waals surface area contributed by atoms with Crippen LogP contribution in [-0.4, -0.2) is 64.5 Å². The van der Waals surface area contributed by atoms with E-state index in [9.17, 15) is 4.79 Å². The van der Waals surface area contributed by atoms with Gasteiger partial charge in [0.25, 0.3) is 5.91 Å². The summed E-state index contributed by atoms with van der Waals surface area (Å²) < 4.78 is 16.6. The molecular formula is C36H52Cl2N4O4. The van der Waals surface area contributed by atoms with Crippen molar-refractivity contribution in [2.24, 2.45) is 4.99 Å². The first-order valence-electron chi connectivity index (χ1n) is 16.2. The van der Waals surface area contributed by atoms with Gasteiger partial charge >= 0.3 is 0 Å². The first kappa shape index (κ1) is 39.3. The molecule has 3 N–H and O–H groups in total. The van der Waals surface area contributed by atoms with Gasteiger partial charge in [0, 0.05) is 46.4 Å². The number of carbonyl (C=O) groups is 1. The van der Waals surface area contributed by atoms with E-state index in [-0.39, 0.29) is 24.7 Å². The Bertz CT molecular complexity index is 1220. The maximum atomic E-state index is 13.0. The molecule has 2 unspecified atom stereocenters. The summed E-state index contributed by atoms with van der Waals surface area (Å²) in [5, 5.41) is 10.8. The van der Waals surface area contributed by atoms with Crippen LogP contribution in [0.25, 0.3) is 0 Å². The lowest BCUT2D eigenvalue weighted by Gasteiger charge is -2.24. The molecule has 0 aliphatic rings. The van der Waals surface area contributed by atoms with E-state index in [0.29, 0.717) is 60.8 Å². The van der Waals surface area contributed by atoms with Gasteiger partial charge in [0.15, 0.2) is 0 Å². The third-order valence-corrected chi connectivity index (χ3v) is 7.22. The summed E-state index contributed by atoms with van der Waals surface area (Å²) in [7, 11) is 0. The van der Waals surface area contributed by atoms with Gasteiger partial charge in [0.1, 0.15) is 6.17 Å². The van der Waals surface area contributed by atoms with Crippen LogP contribution in [0.4, 0.5) is 5.69 Å². The molecule has 8 nitrogen and oxygen atoms in total. The van der Waals surface area contributed by atoms with Crippen molar-refractivity contribution >= 4 is 41.0 Å². The van der Waals surface area contributed by atoms with Crippen molar-refractivity contribution in [1.29, 1.82) is 0 Å². The molecule has 1 amide bonds. The van der Waals surface area contributed by atoms with E-state index in [1.807, 2.05) is 43.5 Å². The monoisotopic (exact) mass is 674 g/mol. The average molecular weight is 676 g/mol. The smallest absolute Gasteiger partial charge is 0.251 e. The molecule has 2 aromatic rings. The standard InChI is InChI=1S/C36H52Cl2N4O4/c1-6-8-14-39-29(5)42-34-13-9-12-30(24-34)36(43)40-26-28(4)41-35(31-22-32(37)25-33(38)23-31)21-27(3)11-10-16-45-18-20-46-19-17-44-15-7-2/h9,12-14,22-25,29,35,41-42H,3-4,6-8,10-11,15-21,26H2,1-2,5H3,(H,40,43)/b39-14-. The number of nitrogens with zero attached hydrogens (tertiary/aromatic N) is 1. The molecule has 46 heavy (non-hydrogen) atoms. The molecule has 10 heteroatoms. The van der Waals surface area contributed by atoms with Crippen molar-refractivity contribution < 1.29 is 19.0 Å². The van der Waals surface area contributed by atoms with Crippen LogP contribution >= 0.6 is 23.2 Å². The molecular weight excluding hydrogens is 623 g/mol. The van der Waals surface area contributed by atoms with Crippen molar-refractivity contribution in [3.8, 4) is 0 Å². The summed E-state index contributed by atoms with van der Waals surface area (Å²) in [5.41, 5.74) is 3.99. The minimum atomic E-state index is -0.198. The number of ether oxygens (including phenoxy) is 3. The highest BCUT2D eigenvalue weighted by molar-refractivity contribution is 6.34. The second-order valence-electron chi connectivity index (χ2n) is 11.1. The number of amides is 1. The average Bonchev–Trinajstić information content (AvgIpc) is 3.02. The summed E-state index contributed by atoms with van der Waals surface area (Å²) >= 11 is 12.7. The van der Waals surface area contributed by atoms with E-state index in [1.54, 1.807) is 12.1 Å². The fraction of sp³-hybridized carbons (Fsp3) is 0.500. The minimum absolute atomic E-state index is 0.0894. The molecule has 2 aromatic carbocycles. The molecule has 0 fully saturated rings. The summed E-state index contributed by atoms with van der Waals surface area (Å²) in [6, 6.07) is 12.7. The summed E-state index contributed by atoms with van der Waals surface area (Å²) in [4.78, 5) is 17.5. The van der Waals surface area contributed by atoms with E-state index in [2.05, 4.69) is 47.9 Å². The molecule has 0 saturated heterocycles. The van der Waals surface area contributed by atoms with Crippen LogP contribution in [0.15, 0.2) is 71.9 Å². The van der Waals surface area contributed by atoms with Gasteiger partial charge in [0.05, 0.1) is 39.0 Å². The topological polar surface area (TPSA) is 93.2 Å². The number of hydrogen-bond donors (Lipinski definition) is 3. The van der Waals surface area contributed by atoms with E-state index in [4.69, 9.17) is 37.4 Å². The Hall–Kier alpha value is -2.88. The number of carbonyl (C=O) groups excluding carboxylic acids is 1. The fourth-order valence-electron chi connectivity index (χ4n) is 4.51. The molecule has 0 heterocycles. The normalized spacial score (nSPS) is 12.5. The Morgan fingerprint density at radius 3 is 2.28 bits per heavy atom. The van der Waals surface area contributed by atoms with Gasteiger partial charge in [-0.1, -0.05) is 68.3 Å². The van der Waals surface area contributed by atoms with E-state index in [1.165, 1.54) is 0 Å². The summed E-state index contributed by atoms with van der Waals surface area (Å²) in [6.45, 7) is 18.6. The van der Waals surface area contributed by atoms with Gasteiger partial charge < -0.3 is 30.2 Å². The van der Waals surface area contributed by atoms with Crippen LogP contribution in [0.2, 0.25) is 10.0 Å². The number of hydrogen-bond acceptors (Lipinski definition) is 7. The lowest BCUT2D eigenvalue weighted by atomic mass is 9.97. The summed E-state index contributed by atoms with van der Waals surface area (Å²) in [6.07, 6.45) is 7.11. The number of nitrogens with one attached hydrogen (secondary N) is 3. The minimum Gasteiger partial charge on any atom is -0.380 e. The number of aliphatic imine (C=N–C) groups is 1. The third kappa shape index (κ3) is 17.2. The van der Waals surface area contributed by atoms with Gasteiger partial charge in [-0.25, -0.2) is 0 Å². The molecule has 0 saturated carbocycles. The Balaban J connectivity index is 1.86. The van der Waals surface area contributed by atoms with Crippen LogP contribution in [0, 0.1) is 0 Å². The molecule has 0 spiro atoms. The third-order valence-electron chi connectivity index (χ3n) is 6.78. The lowest BCUT2D eigenvalue weighted by molar-refractivity contribution is 0.0143. The van der Waals surface area contributed by atoms with E-state index < -0.39 is 0 Å². The van der Waals surface area contributed by atoms with Crippen molar-refractivity contribution in [2.45, 2.75) is 71.5 Å². The highest BCUT2D eigenvalue weighted by Gasteiger charge is 2.16. The molecule has 0 aromatic heterocycles. The second kappa shape index (κ2) is 23.4. The summed E-state index contributed by atoms with van der Waals surface area (Å²) in [5.74, 6) is -0.198. The predicted molar refractivity (Wildman–Crippen MR) is 192 cm³/mol. The van der Waals surface area contributed by atoms with Gasteiger partial charge in [-0.3, -0.25) is 9.79 Å². The molecule has 0 aliphatic heterocycles. The molecule has 2 atom stereocenters. The largest absolute Gasteiger partial charge is 0.380 e. The Kier molecular flexibility index (Phi) is 20.0. The maximum absolute atomic E-state index is 13.0. The van der Waals surface area contributed by atoms with Crippen molar-refractivity contribution in [3.63, 3.8) is 0 Å². The number of halogens is 2. The molecule has 254 valence electrons. The predicted octanol–water partition coefficient (Wildman–Crippen LogP) is 8.38. The SMILES string of the molecule is C=C(CCCOCCOCCOCCC)CC(NC(=C)CNC(=O)c1cccc(NC(C)/N=C\CCC)c1)c1cc(Cl)cc(Cl)c1. The van der Waals surface area contributed by atoms with Crippen molar-refractivity contribution in [3.05, 3.63) is 88.1 Å². The quantitative estimate of drug-likeness (QED) is 0.0557. The van der Waals surface area contributed by atoms with E-state index >= 15 is 0 Å². The van der Waals surface area contributed by atoms with Crippen LogP contribution in [0.5, 0.6) is 0 Å². The Morgan fingerprint density at radius 2 is 1.61 bits per heavy atom. The highest BCUT2D eigenvalue weighted by atomic mass is 35.5. The van der Waals surface area contributed by atoms with Gasteiger partial charge in [-0.05, 0) is 81.0 Å². The zero-order valence-corrected chi connectivity index (χ0v) is 29.2. The first-order valence-corrected chi connectivity index (χ1v) is 16.9. The molecule has 0 radical (unpaired) electrons. The number of benzene rings is 2. The number of anilines is 1. The van der Waals surface area contributed by atoms with Gasteiger partial charge in [-0.2, -0.15) is 0 Å². The van der Waals surface area contributed by atoms with E-state index in [0.717, 1.165) is 55.5 Å². The molecule has 0 bridgehead atoms. The first-order chi connectivity index (χ1) is 22.2. The van der Waals surface area contributed by atoms with Crippen LogP contribution < -0.4 is 16.0 Å². The van der Waals surface area contributed by atoms with Crippen molar-refractivity contribution in [1.82, 2.24) is 10.6 Å². The highest BCUT2D eigenvalue weighted by Crippen LogP contribution is 2.29. The van der Waals surface area contributed by atoms with Crippen molar-refractivity contribution in [2.75, 3.05) is 51.5 Å². The number of rotatable bonds is 25. The van der Waals surface area contributed by atoms with Crippen LogP contribution in [-0.2, 0) is 14.2 Å². The van der Waals surface area contributed by atoms with Crippen LogP contribution in [0.3, 0.4) is 0 Å². The second-order valence-corrected chi connectivity index (χ2v) is 12.0. The Morgan fingerprint density at radius 1 is 0.935 bits per heavy atom. The fourth-order valence-corrected chi connectivity index (χ4v) is 5.05. The Labute approximate surface area is 286 Å². The number of unbranched alkanes of at least 4 members (excludes halogenated alkanes) is 1. The molecule has 2 rings (SSSR count). The maximum Gasteiger partial charge on any atom is 0.251 e. The lowest BCUT2D eigenvalue weighted by Crippen LogP contribution is -2.31. The van der Waals surface area contributed by atoms with Gasteiger partial charge in [0.2, 0.25) is 0 Å². The van der Waals surface area contributed by atoms with Crippen LogP contribution in [0.1, 0.15) is 81.3 Å².